The number of methoxy groups -OCH3 is 2. The van der Waals surface area contributed by atoms with Crippen LogP contribution in [0.25, 0.3) is 11.3 Å². The Labute approximate surface area is 153 Å². The van der Waals surface area contributed by atoms with Crippen LogP contribution in [0, 0.1) is 0 Å². The maximum Gasteiger partial charge on any atom is 0.250 e. The van der Waals surface area contributed by atoms with E-state index in [2.05, 4.69) is 17.1 Å². The summed E-state index contributed by atoms with van der Waals surface area (Å²) >= 11 is 0. The second-order valence-electron chi connectivity index (χ2n) is 6.56. The van der Waals surface area contributed by atoms with Crippen molar-refractivity contribution in [1.82, 2.24) is 4.98 Å². The van der Waals surface area contributed by atoms with Crippen LogP contribution < -0.4 is 14.4 Å². The van der Waals surface area contributed by atoms with Crippen molar-refractivity contribution in [3.63, 3.8) is 0 Å². The van der Waals surface area contributed by atoms with Crippen LogP contribution in [0.3, 0.4) is 0 Å². The molecule has 0 amide bonds. The van der Waals surface area contributed by atoms with E-state index >= 15 is 0 Å². The number of benzene rings is 2. The van der Waals surface area contributed by atoms with Crippen LogP contribution in [0.2, 0.25) is 0 Å². The summed E-state index contributed by atoms with van der Waals surface area (Å²) in [4.78, 5) is 5.91. The summed E-state index contributed by atoms with van der Waals surface area (Å²) in [5, 5.41) is 0. The maximum atomic E-state index is 5.97. The Bertz CT molecular complexity index is 890. The third kappa shape index (κ3) is 3.30. The van der Waals surface area contributed by atoms with Gasteiger partial charge < -0.3 is 18.8 Å². The Hall–Kier alpha value is -2.79. The first kappa shape index (κ1) is 16.7. The quantitative estimate of drug-likeness (QED) is 0.767. The molecule has 1 N–H and O–H groups in total. The largest absolute Gasteiger partial charge is 0.493 e. The second-order valence-corrected chi connectivity index (χ2v) is 6.56. The van der Waals surface area contributed by atoms with Crippen molar-refractivity contribution >= 4 is 0 Å². The molecule has 0 spiro atoms. The van der Waals surface area contributed by atoms with Crippen LogP contribution in [-0.4, -0.2) is 25.7 Å². The van der Waals surface area contributed by atoms with E-state index in [0.29, 0.717) is 0 Å². The smallest absolute Gasteiger partial charge is 0.250 e. The van der Waals surface area contributed by atoms with E-state index in [-0.39, 0.29) is 0 Å². The van der Waals surface area contributed by atoms with Gasteiger partial charge >= 0.3 is 0 Å². The summed E-state index contributed by atoms with van der Waals surface area (Å²) in [6.45, 7) is 2.75. The van der Waals surface area contributed by atoms with Gasteiger partial charge in [0.2, 0.25) is 0 Å². The molecule has 1 aromatic heterocycles. The van der Waals surface area contributed by atoms with Crippen molar-refractivity contribution in [2.45, 2.75) is 19.5 Å². The molecule has 2 heterocycles. The van der Waals surface area contributed by atoms with Gasteiger partial charge in [0.25, 0.3) is 5.89 Å². The fourth-order valence-electron chi connectivity index (χ4n) is 3.52. The molecule has 0 radical (unpaired) electrons. The number of aromatic nitrogens is 1. The monoisotopic (exact) mass is 351 g/mol. The van der Waals surface area contributed by atoms with E-state index in [1.165, 1.54) is 16.0 Å². The number of nitrogens with one attached hydrogen (secondary N) is 1. The number of oxazole rings is 1. The number of ether oxygens (including phenoxy) is 2. The normalized spacial score (nSPS) is 16.2. The first-order valence-electron chi connectivity index (χ1n) is 8.84. The van der Waals surface area contributed by atoms with Crippen LogP contribution in [-0.2, 0) is 19.5 Å². The predicted octanol–water partition coefficient (Wildman–Crippen LogP) is 2.50. The highest BCUT2D eigenvalue weighted by Crippen LogP contribution is 2.31. The minimum absolute atomic E-state index is 0.778. The van der Waals surface area contributed by atoms with Crippen molar-refractivity contribution in [3.05, 3.63) is 65.7 Å². The van der Waals surface area contributed by atoms with E-state index < -0.39 is 0 Å². The molecule has 0 bridgehead atoms. The Morgan fingerprint density at radius 3 is 2.50 bits per heavy atom. The highest BCUT2D eigenvalue weighted by Gasteiger charge is 2.23. The molecule has 0 saturated heterocycles. The lowest BCUT2D eigenvalue weighted by molar-refractivity contribution is -0.930. The topological polar surface area (TPSA) is 48.9 Å². The maximum absolute atomic E-state index is 5.97. The fourth-order valence-corrected chi connectivity index (χ4v) is 3.52. The molecule has 2 aromatic carbocycles. The summed E-state index contributed by atoms with van der Waals surface area (Å²) in [7, 11) is 3.35. The molecular weight excluding hydrogens is 328 g/mol. The van der Waals surface area contributed by atoms with Gasteiger partial charge in [-0.2, -0.15) is 0 Å². The van der Waals surface area contributed by atoms with Gasteiger partial charge in [-0.15, -0.1) is 0 Å². The SMILES string of the molecule is COc1cc2c(cc1OC)C[NH+](Cc1ncc(-c3ccccc3)o1)CC2. The van der Waals surface area contributed by atoms with Crippen LogP contribution >= 0.6 is 0 Å². The average Bonchev–Trinajstić information content (AvgIpc) is 3.16. The molecule has 26 heavy (non-hydrogen) atoms. The molecule has 3 aromatic rings. The van der Waals surface area contributed by atoms with Gasteiger partial charge in [-0.1, -0.05) is 30.3 Å². The Morgan fingerprint density at radius 1 is 1.04 bits per heavy atom. The highest BCUT2D eigenvalue weighted by atomic mass is 16.5. The third-order valence-electron chi connectivity index (χ3n) is 4.91. The van der Waals surface area contributed by atoms with Gasteiger partial charge in [0.15, 0.2) is 23.8 Å². The lowest BCUT2D eigenvalue weighted by atomic mass is 9.99. The van der Waals surface area contributed by atoms with Gasteiger partial charge in [0.1, 0.15) is 6.54 Å². The van der Waals surface area contributed by atoms with E-state index in [4.69, 9.17) is 13.9 Å². The van der Waals surface area contributed by atoms with Crippen molar-refractivity contribution in [2.75, 3.05) is 20.8 Å². The molecule has 0 fully saturated rings. The Kier molecular flexibility index (Phi) is 4.63. The van der Waals surface area contributed by atoms with Crippen molar-refractivity contribution in [2.24, 2.45) is 0 Å². The van der Waals surface area contributed by atoms with Gasteiger partial charge in [0, 0.05) is 17.5 Å². The van der Waals surface area contributed by atoms with Crippen LogP contribution in [0.4, 0.5) is 0 Å². The molecule has 4 rings (SSSR count). The summed E-state index contributed by atoms with van der Waals surface area (Å²) in [6, 6.07) is 14.3. The third-order valence-corrected chi connectivity index (χ3v) is 4.91. The standard InChI is InChI=1S/C21H22N2O3/c1-24-18-10-16-8-9-23(13-17(16)11-19(18)25-2)14-21-22-12-20(26-21)15-6-4-3-5-7-15/h3-7,10-12H,8-9,13-14H2,1-2H3/p+1. The molecule has 1 atom stereocenters. The average molecular weight is 351 g/mol. The van der Waals surface area contributed by atoms with Gasteiger partial charge in [-0.05, 0) is 17.7 Å². The molecule has 0 saturated carbocycles. The molecule has 1 aliphatic heterocycles. The molecule has 5 heteroatoms. The summed E-state index contributed by atoms with van der Waals surface area (Å²) in [6.07, 6.45) is 2.83. The summed E-state index contributed by atoms with van der Waals surface area (Å²) < 4.78 is 16.8. The lowest BCUT2D eigenvalue weighted by Crippen LogP contribution is -3.10. The summed E-state index contributed by atoms with van der Waals surface area (Å²) in [5.41, 5.74) is 3.70. The predicted molar refractivity (Wildman–Crippen MR) is 98.4 cm³/mol. The van der Waals surface area contributed by atoms with Crippen LogP contribution in [0.1, 0.15) is 17.0 Å². The first-order valence-corrected chi connectivity index (χ1v) is 8.84. The Balaban J connectivity index is 1.49. The fraction of sp³-hybridized carbons (Fsp3) is 0.286. The Morgan fingerprint density at radius 2 is 1.77 bits per heavy atom. The van der Waals surface area contributed by atoms with E-state index in [1.807, 2.05) is 36.5 Å². The zero-order valence-electron chi connectivity index (χ0n) is 15.1. The molecule has 134 valence electrons. The number of hydrogen-bond acceptors (Lipinski definition) is 4. The molecule has 5 nitrogen and oxygen atoms in total. The van der Waals surface area contributed by atoms with Crippen LogP contribution in [0.15, 0.2) is 53.1 Å². The summed E-state index contributed by atoms with van der Waals surface area (Å²) in [5.74, 6) is 3.19. The van der Waals surface area contributed by atoms with Crippen molar-refractivity contribution in [3.8, 4) is 22.8 Å². The minimum atomic E-state index is 0.778. The van der Waals surface area contributed by atoms with Gasteiger partial charge in [-0.3, -0.25) is 0 Å². The van der Waals surface area contributed by atoms with E-state index in [9.17, 15) is 0 Å². The molecule has 1 unspecified atom stereocenters. The number of nitrogens with zero attached hydrogens (tertiary/aromatic N) is 1. The van der Waals surface area contributed by atoms with Crippen molar-refractivity contribution in [1.29, 1.82) is 0 Å². The number of rotatable bonds is 5. The van der Waals surface area contributed by atoms with Gasteiger partial charge in [0.05, 0.1) is 27.0 Å². The van der Waals surface area contributed by atoms with Crippen molar-refractivity contribution < 1.29 is 18.8 Å². The number of hydrogen-bond donors (Lipinski definition) is 1. The number of fused-ring (bicyclic) bond motifs is 1. The lowest BCUT2D eigenvalue weighted by Gasteiger charge is -2.26. The zero-order valence-corrected chi connectivity index (χ0v) is 15.1. The van der Waals surface area contributed by atoms with Crippen LogP contribution in [0.5, 0.6) is 11.5 Å². The number of quaternary nitrogens is 1. The molecule has 1 aliphatic rings. The second kappa shape index (κ2) is 7.22. The zero-order chi connectivity index (χ0) is 17.9. The minimum Gasteiger partial charge on any atom is -0.493 e. The highest BCUT2D eigenvalue weighted by molar-refractivity contribution is 5.55. The molecular formula is C21H23N2O3+. The molecule has 0 aliphatic carbocycles. The first-order chi connectivity index (χ1) is 12.8. The van der Waals surface area contributed by atoms with Gasteiger partial charge in [-0.25, -0.2) is 4.98 Å². The van der Waals surface area contributed by atoms with E-state index in [0.717, 1.165) is 54.8 Å². The van der Waals surface area contributed by atoms with E-state index in [1.54, 1.807) is 14.2 Å².